The summed E-state index contributed by atoms with van der Waals surface area (Å²) in [5.74, 6) is 0.778. The van der Waals surface area contributed by atoms with E-state index in [4.69, 9.17) is 9.47 Å². The van der Waals surface area contributed by atoms with Crippen LogP contribution in [0.25, 0.3) is 0 Å². The Hall–Kier alpha value is -1.59. The van der Waals surface area contributed by atoms with Gasteiger partial charge in [-0.25, -0.2) is 0 Å². The second-order valence-electron chi connectivity index (χ2n) is 6.88. The van der Waals surface area contributed by atoms with Gasteiger partial charge in [0.1, 0.15) is 0 Å². The number of anilines is 1. The zero-order chi connectivity index (χ0) is 17.5. The highest BCUT2D eigenvalue weighted by Gasteiger charge is 2.26. The van der Waals surface area contributed by atoms with E-state index in [2.05, 4.69) is 29.2 Å². The Morgan fingerprint density at radius 2 is 2.04 bits per heavy atom. The van der Waals surface area contributed by atoms with Crippen LogP contribution in [0.15, 0.2) is 24.3 Å². The number of aryl methyl sites for hydroxylation is 1. The van der Waals surface area contributed by atoms with Crippen LogP contribution >= 0.6 is 0 Å². The van der Waals surface area contributed by atoms with E-state index in [-0.39, 0.29) is 5.91 Å². The number of likely N-dealkylation sites (tertiary alicyclic amines) is 1. The maximum absolute atomic E-state index is 12.6. The van der Waals surface area contributed by atoms with Gasteiger partial charge in [0.05, 0.1) is 19.8 Å². The van der Waals surface area contributed by atoms with Crippen molar-refractivity contribution in [2.24, 2.45) is 5.92 Å². The van der Waals surface area contributed by atoms with Crippen LogP contribution in [0.4, 0.5) is 5.69 Å². The molecule has 0 saturated carbocycles. The van der Waals surface area contributed by atoms with Crippen LogP contribution in [-0.4, -0.2) is 63.4 Å². The maximum atomic E-state index is 12.6. The summed E-state index contributed by atoms with van der Waals surface area (Å²) in [6.07, 6.45) is 2.46. The molecule has 25 heavy (non-hydrogen) atoms. The molecule has 0 radical (unpaired) electrons. The summed E-state index contributed by atoms with van der Waals surface area (Å²) in [7, 11) is 0. The third kappa shape index (κ3) is 4.95. The molecule has 1 amide bonds. The first-order chi connectivity index (χ1) is 12.3. The molecule has 0 spiro atoms. The fraction of sp³-hybridized carbons (Fsp3) is 0.650. The van der Waals surface area contributed by atoms with Crippen LogP contribution in [0.1, 0.15) is 25.3 Å². The van der Waals surface area contributed by atoms with Gasteiger partial charge in [-0.15, -0.1) is 0 Å². The lowest BCUT2D eigenvalue weighted by Crippen LogP contribution is -2.36. The Bertz CT molecular complexity index is 558. The number of ether oxygens (including phenoxy) is 2. The highest BCUT2D eigenvalue weighted by Crippen LogP contribution is 2.24. The largest absolute Gasteiger partial charge is 0.381 e. The van der Waals surface area contributed by atoms with E-state index in [1.807, 2.05) is 11.8 Å². The van der Waals surface area contributed by atoms with Gasteiger partial charge in [0.2, 0.25) is 5.91 Å². The van der Waals surface area contributed by atoms with Crippen LogP contribution in [0.5, 0.6) is 0 Å². The molecule has 1 aromatic carbocycles. The molecule has 138 valence electrons. The molecule has 0 unspecified atom stereocenters. The van der Waals surface area contributed by atoms with Crippen LogP contribution in [-0.2, 0) is 20.7 Å². The van der Waals surface area contributed by atoms with Crippen LogP contribution in [0.2, 0.25) is 0 Å². The topological polar surface area (TPSA) is 42.0 Å². The monoisotopic (exact) mass is 346 g/mol. The van der Waals surface area contributed by atoms with Crippen molar-refractivity contribution in [2.75, 3.05) is 57.5 Å². The first-order valence-electron chi connectivity index (χ1n) is 9.54. The standard InChI is InChI=1S/C20H30N2O3/c1-2-24-16-17-9-10-22(15-17)20(23)8-7-18-5-3-4-6-19(18)21-11-13-25-14-12-21/h3-6,17H,2,7-16H2,1H3/t17-/m1/s1. The van der Waals surface area contributed by atoms with Gasteiger partial charge in [0.15, 0.2) is 0 Å². The molecule has 1 aromatic rings. The number of nitrogens with zero attached hydrogens (tertiary/aromatic N) is 2. The lowest BCUT2D eigenvalue weighted by molar-refractivity contribution is -0.130. The van der Waals surface area contributed by atoms with Crippen LogP contribution in [0, 0.1) is 5.92 Å². The van der Waals surface area contributed by atoms with Gasteiger partial charge in [0.25, 0.3) is 0 Å². The van der Waals surface area contributed by atoms with Crippen LogP contribution < -0.4 is 4.90 Å². The van der Waals surface area contributed by atoms with Gasteiger partial charge < -0.3 is 19.3 Å². The minimum atomic E-state index is 0.274. The van der Waals surface area contributed by atoms with Crippen molar-refractivity contribution in [1.29, 1.82) is 0 Å². The average molecular weight is 346 g/mol. The predicted molar refractivity (Wildman–Crippen MR) is 99.0 cm³/mol. The van der Waals surface area contributed by atoms with E-state index in [9.17, 15) is 4.79 Å². The highest BCUT2D eigenvalue weighted by molar-refractivity contribution is 5.77. The molecule has 0 aromatic heterocycles. The van der Waals surface area contributed by atoms with E-state index >= 15 is 0 Å². The molecule has 2 aliphatic rings. The minimum Gasteiger partial charge on any atom is -0.381 e. The molecule has 2 aliphatic heterocycles. The predicted octanol–water partition coefficient (Wildman–Crippen LogP) is 2.34. The second-order valence-corrected chi connectivity index (χ2v) is 6.88. The Morgan fingerprint density at radius 1 is 1.24 bits per heavy atom. The average Bonchev–Trinajstić information content (AvgIpc) is 3.14. The zero-order valence-corrected chi connectivity index (χ0v) is 15.3. The van der Waals surface area contributed by atoms with Crippen molar-refractivity contribution in [2.45, 2.75) is 26.2 Å². The Balaban J connectivity index is 1.52. The number of amides is 1. The molecule has 0 bridgehead atoms. The molecule has 1 atom stereocenters. The third-order valence-corrected chi connectivity index (χ3v) is 5.15. The van der Waals surface area contributed by atoms with Gasteiger partial charge in [-0.3, -0.25) is 4.79 Å². The van der Waals surface area contributed by atoms with Gasteiger partial charge in [-0.1, -0.05) is 18.2 Å². The van der Waals surface area contributed by atoms with E-state index < -0.39 is 0 Å². The van der Waals surface area contributed by atoms with Gasteiger partial charge in [0, 0.05) is 50.8 Å². The summed E-state index contributed by atoms with van der Waals surface area (Å²) in [4.78, 5) is 17.0. The SMILES string of the molecule is CCOC[C@@H]1CCN(C(=O)CCc2ccccc2N2CCOCC2)C1. The summed E-state index contributed by atoms with van der Waals surface area (Å²) in [6, 6.07) is 8.46. The minimum absolute atomic E-state index is 0.274. The van der Waals surface area contributed by atoms with E-state index in [1.165, 1.54) is 11.3 Å². The number of rotatable bonds is 7. The fourth-order valence-corrected chi connectivity index (χ4v) is 3.71. The molecule has 2 saturated heterocycles. The molecule has 3 rings (SSSR count). The summed E-state index contributed by atoms with van der Waals surface area (Å²) in [6.45, 7) is 8.69. The molecular formula is C20H30N2O3. The molecule has 0 N–H and O–H groups in total. The van der Waals surface area contributed by atoms with Crippen LogP contribution in [0.3, 0.4) is 0 Å². The molecule has 2 heterocycles. The van der Waals surface area contributed by atoms with Gasteiger partial charge in [-0.05, 0) is 31.4 Å². The van der Waals surface area contributed by atoms with Crippen molar-refractivity contribution in [3.8, 4) is 0 Å². The normalized spacial score (nSPS) is 20.9. The number of hydrogen-bond donors (Lipinski definition) is 0. The molecule has 5 nitrogen and oxygen atoms in total. The maximum Gasteiger partial charge on any atom is 0.222 e. The summed E-state index contributed by atoms with van der Waals surface area (Å²) < 4.78 is 11.0. The lowest BCUT2D eigenvalue weighted by Gasteiger charge is -2.30. The third-order valence-electron chi connectivity index (χ3n) is 5.15. The first-order valence-corrected chi connectivity index (χ1v) is 9.54. The Kier molecular flexibility index (Phi) is 6.70. The number of carbonyl (C=O) groups is 1. The number of benzene rings is 1. The molecule has 5 heteroatoms. The van der Waals surface area contributed by atoms with E-state index in [0.29, 0.717) is 12.3 Å². The summed E-state index contributed by atoms with van der Waals surface area (Å²) >= 11 is 0. The van der Waals surface area contributed by atoms with Crippen molar-refractivity contribution in [3.05, 3.63) is 29.8 Å². The van der Waals surface area contributed by atoms with Crippen molar-refractivity contribution in [1.82, 2.24) is 4.90 Å². The zero-order valence-electron chi connectivity index (χ0n) is 15.3. The summed E-state index contributed by atoms with van der Waals surface area (Å²) in [5.41, 5.74) is 2.53. The van der Waals surface area contributed by atoms with Crippen molar-refractivity contribution < 1.29 is 14.3 Å². The molecular weight excluding hydrogens is 316 g/mol. The van der Waals surface area contributed by atoms with E-state index in [0.717, 1.165) is 65.4 Å². The summed E-state index contributed by atoms with van der Waals surface area (Å²) in [5, 5.41) is 0. The van der Waals surface area contributed by atoms with E-state index in [1.54, 1.807) is 0 Å². The lowest BCUT2D eigenvalue weighted by atomic mass is 10.1. The Morgan fingerprint density at radius 3 is 2.84 bits per heavy atom. The highest BCUT2D eigenvalue weighted by atomic mass is 16.5. The first kappa shape index (κ1) is 18.2. The van der Waals surface area contributed by atoms with Gasteiger partial charge >= 0.3 is 0 Å². The smallest absolute Gasteiger partial charge is 0.222 e. The van der Waals surface area contributed by atoms with Gasteiger partial charge in [-0.2, -0.15) is 0 Å². The number of para-hydroxylation sites is 1. The number of hydrogen-bond acceptors (Lipinski definition) is 4. The second kappa shape index (κ2) is 9.20. The molecule has 2 fully saturated rings. The number of morpholine rings is 1. The fourth-order valence-electron chi connectivity index (χ4n) is 3.71. The number of carbonyl (C=O) groups excluding carboxylic acids is 1. The molecule has 0 aliphatic carbocycles. The van der Waals surface area contributed by atoms with Crippen molar-refractivity contribution >= 4 is 11.6 Å². The Labute approximate surface area is 150 Å². The van der Waals surface area contributed by atoms with Crippen molar-refractivity contribution in [3.63, 3.8) is 0 Å². The quantitative estimate of drug-likeness (QED) is 0.760.